The Labute approximate surface area is 281 Å². The molecule has 8 aromatic rings. The molecule has 0 unspecified atom stereocenters. The third-order valence-electron chi connectivity index (χ3n) is 7.95. The second kappa shape index (κ2) is 13.2. The number of nitrogens with one attached hydrogen (secondary N) is 2. The first-order valence-corrected chi connectivity index (χ1v) is 17.6. The monoisotopic (exact) mass is 643 g/mol. The fourth-order valence-electron chi connectivity index (χ4n) is 5.77. The number of para-hydroxylation sites is 2. The minimum absolute atomic E-state index is 0.270. The van der Waals surface area contributed by atoms with Gasteiger partial charge in [-0.2, -0.15) is 0 Å². The molecular weight excluding hydrogens is 613 g/mol. The van der Waals surface area contributed by atoms with Crippen molar-refractivity contribution in [3.8, 4) is 0 Å². The van der Waals surface area contributed by atoms with Crippen LogP contribution >= 0.6 is 11.8 Å². The Hall–Kier alpha value is -5.36. The van der Waals surface area contributed by atoms with Gasteiger partial charge in [0.05, 0.1) is 11.4 Å². The van der Waals surface area contributed by atoms with E-state index in [4.69, 9.17) is 4.42 Å². The van der Waals surface area contributed by atoms with Gasteiger partial charge in [0.25, 0.3) is 0 Å². The molecule has 5 heteroatoms. The van der Waals surface area contributed by atoms with E-state index in [0.29, 0.717) is 0 Å². The number of furan rings is 1. The second-order valence-electron chi connectivity index (χ2n) is 11.1. The highest BCUT2D eigenvalue weighted by atomic mass is 32.2. The summed E-state index contributed by atoms with van der Waals surface area (Å²) in [6.45, 7) is 0. The number of anilines is 4. The highest BCUT2D eigenvalue weighted by Crippen LogP contribution is 2.39. The van der Waals surface area contributed by atoms with E-state index in [1.165, 1.54) is 24.5 Å². The molecule has 7 aromatic carbocycles. The van der Waals surface area contributed by atoms with Gasteiger partial charge in [-0.3, -0.25) is 0 Å². The molecule has 8 rings (SSSR count). The van der Waals surface area contributed by atoms with Crippen LogP contribution in [0.1, 0.15) is 0 Å². The molecule has 0 aliphatic carbocycles. The van der Waals surface area contributed by atoms with E-state index in [1.807, 2.05) is 6.07 Å². The van der Waals surface area contributed by atoms with E-state index in [-0.39, 0.29) is 10.9 Å². The predicted molar refractivity (Wildman–Crippen MR) is 199 cm³/mol. The molecule has 0 bridgehead atoms. The van der Waals surface area contributed by atoms with Crippen LogP contribution in [0.4, 0.5) is 22.7 Å². The summed E-state index contributed by atoms with van der Waals surface area (Å²) >= 11 is 1.76. The summed E-state index contributed by atoms with van der Waals surface area (Å²) in [6.07, 6.45) is 0. The molecule has 0 radical (unpaired) electrons. The average Bonchev–Trinajstić information content (AvgIpc) is 3.49. The van der Waals surface area contributed by atoms with Gasteiger partial charge >= 0.3 is 0 Å². The fourth-order valence-corrected chi connectivity index (χ4v) is 8.88. The number of hydrogen-bond donors (Lipinski definition) is 2. The molecule has 0 fully saturated rings. The van der Waals surface area contributed by atoms with Gasteiger partial charge in [0, 0.05) is 31.9 Å². The third kappa shape index (κ3) is 6.24. The molecule has 226 valence electrons. The molecule has 0 saturated heterocycles. The van der Waals surface area contributed by atoms with Gasteiger partial charge in [0.1, 0.15) is 22.1 Å². The van der Waals surface area contributed by atoms with Crippen LogP contribution in [0.2, 0.25) is 0 Å². The first-order chi connectivity index (χ1) is 23.3. The lowest BCUT2D eigenvalue weighted by molar-refractivity contribution is 0.669. The standard InChI is InChI=1S/C42H31N2OS2/c1-4-14-32(15-5-1)46-41-22-12-10-20-37(41)43-30-24-26-39-35(28-30)36-29-31(25-27-40(36)45-39)44-38-21-11-13-23-42(38)47(33-16-6-2-7-17-33)34-18-8-3-9-19-34/h1-29,43-44H/q+1. The highest BCUT2D eigenvalue weighted by molar-refractivity contribution is 7.99. The Kier molecular flexibility index (Phi) is 8.14. The van der Waals surface area contributed by atoms with Crippen molar-refractivity contribution in [2.75, 3.05) is 10.6 Å². The Bertz CT molecular complexity index is 2250. The topological polar surface area (TPSA) is 37.2 Å². The quantitative estimate of drug-likeness (QED) is 0.154. The van der Waals surface area contributed by atoms with Crippen molar-refractivity contribution in [3.05, 3.63) is 176 Å². The van der Waals surface area contributed by atoms with Crippen LogP contribution in [0.5, 0.6) is 0 Å². The SMILES string of the molecule is c1ccc(Sc2ccccc2Nc2ccc3oc4ccc(Nc5ccccc5[S+](c5ccccc5)c5ccccc5)cc4c3c2)cc1. The molecular formula is C42H31N2OS2+. The van der Waals surface area contributed by atoms with Crippen molar-refractivity contribution in [3.63, 3.8) is 0 Å². The molecule has 3 nitrogen and oxygen atoms in total. The van der Waals surface area contributed by atoms with E-state index in [2.05, 4.69) is 180 Å². The first-order valence-electron chi connectivity index (χ1n) is 15.5. The molecule has 1 heterocycles. The van der Waals surface area contributed by atoms with Crippen molar-refractivity contribution >= 4 is 67.3 Å². The van der Waals surface area contributed by atoms with Crippen molar-refractivity contribution < 1.29 is 4.42 Å². The van der Waals surface area contributed by atoms with Crippen molar-refractivity contribution in [2.45, 2.75) is 24.5 Å². The maximum Gasteiger partial charge on any atom is 0.189 e. The maximum absolute atomic E-state index is 6.28. The van der Waals surface area contributed by atoms with Crippen LogP contribution in [0.15, 0.2) is 205 Å². The predicted octanol–water partition coefficient (Wildman–Crippen LogP) is 12.3. The van der Waals surface area contributed by atoms with Crippen LogP contribution in [-0.2, 0) is 10.9 Å². The molecule has 0 amide bonds. The smallest absolute Gasteiger partial charge is 0.189 e. The zero-order valence-corrected chi connectivity index (χ0v) is 27.1. The van der Waals surface area contributed by atoms with E-state index >= 15 is 0 Å². The largest absolute Gasteiger partial charge is 0.456 e. The third-order valence-corrected chi connectivity index (χ3v) is 11.3. The van der Waals surface area contributed by atoms with Crippen LogP contribution in [-0.4, -0.2) is 0 Å². The average molecular weight is 644 g/mol. The van der Waals surface area contributed by atoms with E-state index in [1.54, 1.807) is 11.8 Å². The Morgan fingerprint density at radius 1 is 0.447 bits per heavy atom. The Balaban J connectivity index is 1.13. The molecule has 0 atom stereocenters. The summed E-state index contributed by atoms with van der Waals surface area (Å²) in [4.78, 5) is 6.20. The summed E-state index contributed by atoms with van der Waals surface area (Å²) in [5, 5.41) is 9.58. The van der Waals surface area contributed by atoms with E-state index < -0.39 is 0 Å². The van der Waals surface area contributed by atoms with Crippen LogP contribution in [0, 0.1) is 0 Å². The summed E-state index contributed by atoms with van der Waals surface area (Å²) in [5.41, 5.74) is 5.92. The molecule has 47 heavy (non-hydrogen) atoms. The zero-order valence-electron chi connectivity index (χ0n) is 25.5. The van der Waals surface area contributed by atoms with Crippen molar-refractivity contribution in [2.24, 2.45) is 0 Å². The molecule has 0 aliphatic rings. The van der Waals surface area contributed by atoms with Gasteiger partial charge in [-0.15, -0.1) is 0 Å². The van der Waals surface area contributed by atoms with Gasteiger partial charge in [0.15, 0.2) is 14.7 Å². The van der Waals surface area contributed by atoms with Gasteiger partial charge in [-0.1, -0.05) is 90.6 Å². The Morgan fingerprint density at radius 3 is 1.55 bits per heavy atom. The molecule has 2 N–H and O–H groups in total. The lowest BCUT2D eigenvalue weighted by Crippen LogP contribution is -2.07. The van der Waals surface area contributed by atoms with Crippen molar-refractivity contribution in [1.29, 1.82) is 0 Å². The summed E-state index contributed by atoms with van der Waals surface area (Å²) < 4.78 is 6.28. The maximum atomic E-state index is 6.28. The Morgan fingerprint density at radius 2 is 0.936 bits per heavy atom. The van der Waals surface area contributed by atoms with Gasteiger partial charge in [-0.25, -0.2) is 0 Å². The number of hydrogen-bond acceptors (Lipinski definition) is 4. The number of rotatable bonds is 9. The second-order valence-corrected chi connectivity index (χ2v) is 14.2. The van der Waals surface area contributed by atoms with Crippen LogP contribution in [0.3, 0.4) is 0 Å². The van der Waals surface area contributed by atoms with Gasteiger partial charge in [-0.05, 0) is 97.1 Å². The van der Waals surface area contributed by atoms with Crippen LogP contribution in [0.25, 0.3) is 21.9 Å². The summed E-state index contributed by atoms with van der Waals surface area (Å²) in [6, 6.07) is 61.8. The summed E-state index contributed by atoms with van der Waals surface area (Å²) in [5.74, 6) is 0. The minimum atomic E-state index is -0.270. The molecule has 0 spiro atoms. The molecule has 0 aliphatic heterocycles. The normalized spacial score (nSPS) is 11.3. The first kappa shape index (κ1) is 29.1. The fraction of sp³-hybridized carbons (Fsp3) is 0. The lowest BCUT2D eigenvalue weighted by Gasteiger charge is -2.14. The van der Waals surface area contributed by atoms with Crippen molar-refractivity contribution in [1.82, 2.24) is 0 Å². The highest BCUT2D eigenvalue weighted by Gasteiger charge is 2.31. The van der Waals surface area contributed by atoms with E-state index in [0.717, 1.165) is 44.7 Å². The van der Waals surface area contributed by atoms with Crippen LogP contribution < -0.4 is 10.6 Å². The zero-order chi connectivity index (χ0) is 31.4. The number of benzene rings is 7. The number of fused-ring (bicyclic) bond motifs is 3. The molecule has 1 aromatic heterocycles. The van der Waals surface area contributed by atoms with Gasteiger partial charge in [0.2, 0.25) is 0 Å². The minimum Gasteiger partial charge on any atom is -0.456 e. The molecule has 0 saturated carbocycles. The van der Waals surface area contributed by atoms with E-state index in [9.17, 15) is 0 Å². The van der Waals surface area contributed by atoms with Gasteiger partial charge < -0.3 is 15.1 Å². The summed E-state index contributed by atoms with van der Waals surface area (Å²) in [7, 11) is -0.270. The lowest BCUT2D eigenvalue weighted by atomic mass is 10.1.